The first-order valence-corrected chi connectivity index (χ1v) is 9.65. The van der Waals surface area contributed by atoms with Gasteiger partial charge in [-0.2, -0.15) is 0 Å². The van der Waals surface area contributed by atoms with Crippen LogP contribution < -0.4 is 5.32 Å². The van der Waals surface area contributed by atoms with Gasteiger partial charge < -0.3 is 5.32 Å². The van der Waals surface area contributed by atoms with Gasteiger partial charge in [0.15, 0.2) is 5.82 Å². The fourth-order valence-corrected chi connectivity index (χ4v) is 4.72. The summed E-state index contributed by atoms with van der Waals surface area (Å²) < 4.78 is 0. The van der Waals surface area contributed by atoms with Crippen LogP contribution in [-0.2, 0) is 4.79 Å². The van der Waals surface area contributed by atoms with E-state index in [1.165, 1.54) is 31.0 Å². The molecule has 1 amide bonds. The molecule has 2 fully saturated rings. The molecule has 0 spiro atoms. The third-order valence-electron chi connectivity index (χ3n) is 5.01. The Morgan fingerprint density at radius 3 is 2.96 bits per heavy atom. The fourth-order valence-electron chi connectivity index (χ4n) is 3.88. The lowest BCUT2D eigenvalue weighted by atomic mass is 9.95. The van der Waals surface area contributed by atoms with Crippen LogP contribution in [0.1, 0.15) is 25.7 Å². The Labute approximate surface area is 150 Å². The Bertz CT molecular complexity index is 750. The number of aromatic amines is 1. The molecule has 2 bridgehead atoms. The number of thioether (sulfide) groups is 1. The summed E-state index contributed by atoms with van der Waals surface area (Å²) in [6.45, 7) is 0. The summed E-state index contributed by atoms with van der Waals surface area (Å²) in [6.07, 6.45) is 5.05. The molecule has 4 rings (SSSR count). The highest BCUT2D eigenvalue weighted by Gasteiger charge is 2.39. The van der Waals surface area contributed by atoms with E-state index in [9.17, 15) is 4.79 Å². The third kappa shape index (κ3) is 3.30. The van der Waals surface area contributed by atoms with Gasteiger partial charge in [-0.3, -0.25) is 9.89 Å². The van der Waals surface area contributed by atoms with Gasteiger partial charge in [-0.05, 0) is 43.2 Å². The Morgan fingerprint density at radius 2 is 2.21 bits per heavy atom. The zero-order valence-corrected chi connectivity index (χ0v) is 14.7. The van der Waals surface area contributed by atoms with Gasteiger partial charge in [0, 0.05) is 11.6 Å². The predicted molar refractivity (Wildman–Crippen MR) is 94.9 cm³/mol. The molecule has 2 N–H and O–H groups in total. The van der Waals surface area contributed by atoms with Crippen molar-refractivity contribution in [1.29, 1.82) is 0 Å². The van der Waals surface area contributed by atoms with Crippen molar-refractivity contribution in [3.05, 3.63) is 29.3 Å². The highest BCUT2D eigenvalue weighted by atomic mass is 35.5. The maximum absolute atomic E-state index is 12.2. The van der Waals surface area contributed by atoms with Crippen molar-refractivity contribution in [1.82, 2.24) is 20.5 Å². The van der Waals surface area contributed by atoms with E-state index in [0.29, 0.717) is 33.7 Å². The van der Waals surface area contributed by atoms with E-state index in [-0.39, 0.29) is 5.91 Å². The minimum absolute atomic E-state index is 0.0710. The van der Waals surface area contributed by atoms with Gasteiger partial charge in [0.25, 0.3) is 0 Å². The molecule has 0 saturated heterocycles. The number of fused-ring (bicyclic) bond motifs is 2. The van der Waals surface area contributed by atoms with Crippen LogP contribution in [0.15, 0.2) is 29.4 Å². The van der Waals surface area contributed by atoms with E-state index in [0.717, 1.165) is 17.9 Å². The van der Waals surface area contributed by atoms with E-state index < -0.39 is 0 Å². The van der Waals surface area contributed by atoms with Crippen LogP contribution in [0, 0.1) is 11.8 Å². The summed E-state index contributed by atoms with van der Waals surface area (Å²) in [6, 6.07) is 7.85. The second kappa shape index (κ2) is 6.76. The summed E-state index contributed by atoms with van der Waals surface area (Å²) in [5.41, 5.74) is 0.810. The number of rotatable bonds is 5. The Morgan fingerprint density at radius 1 is 1.33 bits per heavy atom. The third-order valence-corrected chi connectivity index (χ3v) is 6.19. The summed E-state index contributed by atoms with van der Waals surface area (Å²) >= 11 is 7.51. The average molecular weight is 363 g/mol. The lowest BCUT2D eigenvalue weighted by molar-refractivity contribution is -0.119. The van der Waals surface area contributed by atoms with Crippen molar-refractivity contribution >= 4 is 29.3 Å². The molecule has 0 aliphatic heterocycles. The number of carbonyl (C=O) groups excluding carboxylic acids is 1. The van der Waals surface area contributed by atoms with E-state index in [2.05, 4.69) is 20.5 Å². The number of nitrogens with one attached hydrogen (secondary N) is 2. The minimum atomic E-state index is 0.0710. The van der Waals surface area contributed by atoms with Crippen LogP contribution in [0.5, 0.6) is 0 Å². The molecule has 2 aliphatic carbocycles. The summed E-state index contributed by atoms with van der Waals surface area (Å²) in [4.78, 5) is 16.6. The molecule has 1 heterocycles. The maximum atomic E-state index is 12.2. The molecule has 1 aromatic carbocycles. The minimum Gasteiger partial charge on any atom is -0.352 e. The van der Waals surface area contributed by atoms with Gasteiger partial charge >= 0.3 is 0 Å². The monoisotopic (exact) mass is 362 g/mol. The Kier molecular flexibility index (Phi) is 4.50. The van der Waals surface area contributed by atoms with Crippen LogP contribution in [0.3, 0.4) is 0 Å². The van der Waals surface area contributed by atoms with Crippen molar-refractivity contribution in [2.24, 2.45) is 11.8 Å². The molecular formula is C17H19ClN4OS. The predicted octanol–water partition coefficient (Wildman–Crippen LogP) is 3.52. The molecule has 126 valence electrons. The van der Waals surface area contributed by atoms with Crippen LogP contribution in [-0.4, -0.2) is 32.9 Å². The molecule has 0 radical (unpaired) electrons. The highest BCUT2D eigenvalue weighted by Crippen LogP contribution is 2.44. The molecule has 5 nitrogen and oxygen atoms in total. The van der Waals surface area contributed by atoms with E-state index in [1.54, 1.807) is 0 Å². The van der Waals surface area contributed by atoms with Crippen molar-refractivity contribution in [2.75, 3.05) is 5.75 Å². The topological polar surface area (TPSA) is 70.7 Å². The number of carbonyl (C=O) groups is 1. The summed E-state index contributed by atoms with van der Waals surface area (Å²) in [7, 11) is 0. The SMILES string of the molecule is O=C(CSc1n[nH]c(-c2ccccc2Cl)n1)N[C@H]1C[C@H]2CC[C@H]1C2. The van der Waals surface area contributed by atoms with Crippen molar-refractivity contribution in [2.45, 2.75) is 36.9 Å². The number of hydrogen-bond acceptors (Lipinski definition) is 4. The first-order valence-electron chi connectivity index (χ1n) is 8.28. The molecule has 1 aromatic heterocycles. The summed E-state index contributed by atoms with van der Waals surface area (Å²) in [5.74, 6) is 2.56. The lowest BCUT2D eigenvalue weighted by Gasteiger charge is -2.22. The Balaban J connectivity index is 1.32. The fraction of sp³-hybridized carbons (Fsp3) is 0.471. The first-order chi connectivity index (χ1) is 11.7. The highest BCUT2D eigenvalue weighted by molar-refractivity contribution is 7.99. The average Bonchev–Trinajstić information content (AvgIpc) is 3.30. The number of benzene rings is 1. The zero-order valence-electron chi connectivity index (χ0n) is 13.2. The van der Waals surface area contributed by atoms with Crippen molar-refractivity contribution in [3.63, 3.8) is 0 Å². The zero-order chi connectivity index (χ0) is 16.5. The van der Waals surface area contributed by atoms with E-state index >= 15 is 0 Å². The number of hydrogen-bond donors (Lipinski definition) is 2. The van der Waals surface area contributed by atoms with Crippen LogP contribution in [0.25, 0.3) is 11.4 Å². The molecule has 2 saturated carbocycles. The van der Waals surface area contributed by atoms with E-state index in [4.69, 9.17) is 11.6 Å². The molecule has 2 aliphatic rings. The second-order valence-corrected chi connectivity index (χ2v) is 7.93. The number of H-pyrrole nitrogens is 1. The van der Waals surface area contributed by atoms with Gasteiger partial charge in [-0.1, -0.05) is 41.9 Å². The van der Waals surface area contributed by atoms with Gasteiger partial charge in [-0.25, -0.2) is 4.98 Å². The molecule has 3 atom stereocenters. The molecule has 0 unspecified atom stereocenters. The second-order valence-electron chi connectivity index (χ2n) is 6.58. The van der Waals surface area contributed by atoms with Gasteiger partial charge in [-0.15, -0.1) is 5.10 Å². The van der Waals surface area contributed by atoms with Gasteiger partial charge in [0.2, 0.25) is 11.1 Å². The number of aromatic nitrogens is 3. The quantitative estimate of drug-likeness (QED) is 0.798. The van der Waals surface area contributed by atoms with Crippen molar-refractivity contribution in [3.8, 4) is 11.4 Å². The number of nitrogens with zero attached hydrogens (tertiary/aromatic N) is 2. The number of amides is 1. The molecule has 7 heteroatoms. The smallest absolute Gasteiger partial charge is 0.230 e. The van der Waals surface area contributed by atoms with E-state index in [1.807, 2.05) is 24.3 Å². The standard InChI is InChI=1S/C17H19ClN4OS/c18-13-4-2-1-3-12(13)16-20-17(22-21-16)24-9-15(23)19-14-8-10-5-6-11(14)7-10/h1-4,10-11,14H,5-9H2,(H,19,23)(H,20,21,22)/t10-,11-,14-/m0/s1. The normalized spacial score (nSPS) is 25.1. The Hall–Kier alpha value is -1.53. The van der Waals surface area contributed by atoms with Gasteiger partial charge in [0.05, 0.1) is 10.8 Å². The largest absolute Gasteiger partial charge is 0.352 e. The molecular weight excluding hydrogens is 344 g/mol. The number of halogens is 1. The van der Waals surface area contributed by atoms with Crippen molar-refractivity contribution < 1.29 is 4.79 Å². The van der Waals surface area contributed by atoms with Gasteiger partial charge in [0.1, 0.15) is 0 Å². The summed E-state index contributed by atoms with van der Waals surface area (Å²) in [5, 5.41) is 11.4. The van der Waals surface area contributed by atoms with Crippen LogP contribution in [0.4, 0.5) is 0 Å². The first kappa shape index (κ1) is 16.0. The molecule has 2 aromatic rings. The maximum Gasteiger partial charge on any atom is 0.230 e. The molecule has 24 heavy (non-hydrogen) atoms. The van der Waals surface area contributed by atoms with Crippen LogP contribution >= 0.6 is 23.4 Å². The van der Waals surface area contributed by atoms with Crippen LogP contribution in [0.2, 0.25) is 5.02 Å². The lowest BCUT2D eigenvalue weighted by Crippen LogP contribution is -2.39.